The number of fused-ring (bicyclic) bond motifs is 1. The molecule has 1 heterocycles. The van der Waals surface area contributed by atoms with Crippen molar-refractivity contribution in [2.24, 2.45) is 40.1 Å². The van der Waals surface area contributed by atoms with Crippen LogP contribution in [-0.2, 0) is 69.1 Å². The number of likely N-dealkylation sites (N-methyl/N-ethyl adjacent to an activating group) is 1. The molecule has 1 fully saturated rings. The average Bonchev–Trinajstić information content (AvgIpc) is 0.786. The Morgan fingerprint density at radius 3 is 2.02 bits per heavy atom. The van der Waals surface area contributed by atoms with Crippen LogP contribution in [0.1, 0.15) is 86.1 Å². The molecule has 0 radical (unpaired) electrons. The fourth-order valence-electron chi connectivity index (χ4n) is 10.3. The zero-order valence-electron chi connectivity index (χ0n) is 54.9. The molecule has 7 amide bonds. The maximum Gasteiger partial charge on any atom is 0.327 e. The first kappa shape index (κ1) is 77.8. The second kappa shape index (κ2) is 36.7. The van der Waals surface area contributed by atoms with Crippen LogP contribution in [0, 0.1) is 23.7 Å². The van der Waals surface area contributed by atoms with Crippen LogP contribution < -0.4 is 53.0 Å². The number of aliphatic carboxylic acids is 3. The number of rotatable bonds is 24. The van der Waals surface area contributed by atoms with E-state index in [1.807, 2.05) is 43.3 Å². The number of anilines is 1. The van der Waals surface area contributed by atoms with Gasteiger partial charge >= 0.3 is 17.9 Å². The number of benzene rings is 3. The third kappa shape index (κ3) is 23.4. The van der Waals surface area contributed by atoms with Crippen molar-refractivity contribution in [3.8, 4) is 0 Å². The van der Waals surface area contributed by atoms with Gasteiger partial charge in [-0.05, 0) is 69.6 Å². The lowest BCUT2D eigenvalue weighted by atomic mass is 9.94. The summed E-state index contributed by atoms with van der Waals surface area (Å²) in [4.78, 5) is 145. The number of aliphatic imine (C=N–C) groups is 1. The van der Waals surface area contributed by atoms with Gasteiger partial charge in [0, 0.05) is 75.1 Å². The van der Waals surface area contributed by atoms with Gasteiger partial charge < -0.3 is 73.2 Å². The van der Waals surface area contributed by atoms with Gasteiger partial charge in [0.25, 0.3) is 0 Å². The number of thioether (sulfide) groups is 1. The monoisotopic (exact) mass is 1350 g/mol. The summed E-state index contributed by atoms with van der Waals surface area (Å²) in [6, 6.07) is 6.34. The molecule has 1 aliphatic rings. The first-order chi connectivity index (χ1) is 44.2. The molecule has 3 aromatic carbocycles. The van der Waals surface area contributed by atoms with Gasteiger partial charge in [0.05, 0.1) is 28.9 Å². The molecular weight excluding hydrogens is 1260 g/mol. The Hall–Kier alpha value is -8.61. The number of nitrogens with one attached hydrogen (secondary N) is 7. The second-order valence-corrected chi connectivity index (χ2v) is 26.7. The van der Waals surface area contributed by atoms with Crippen LogP contribution in [0.5, 0.6) is 0 Å². The van der Waals surface area contributed by atoms with Gasteiger partial charge in [0.15, 0.2) is 5.96 Å². The Labute approximate surface area is 552 Å². The zero-order chi connectivity index (χ0) is 70.3. The first-order valence-electron chi connectivity index (χ1n) is 30.7. The van der Waals surface area contributed by atoms with E-state index in [0.717, 1.165) is 22.2 Å². The number of guanidine groups is 1. The predicted molar refractivity (Wildman–Crippen MR) is 356 cm³/mol. The van der Waals surface area contributed by atoms with Crippen molar-refractivity contribution in [2.75, 3.05) is 51.2 Å². The third-order valence-electron chi connectivity index (χ3n) is 15.9. The number of hydrogen-bond donors (Lipinski definition) is 12. The third-order valence-corrected chi connectivity index (χ3v) is 18.5. The van der Waals surface area contributed by atoms with Crippen LogP contribution >= 0.6 is 11.8 Å². The number of allylic oxidation sites excluding steroid dienone is 2. The normalized spacial score (nSPS) is 23.3. The number of nitrogens with zero attached hydrogens (tertiary/aromatic N) is 3. The molecule has 4 rings (SSSR count). The van der Waals surface area contributed by atoms with Gasteiger partial charge in [-0.15, -0.1) is 0 Å². The van der Waals surface area contributed by atoms with Gasteiger partial charge in [-0.2, -0.15) is 16.5 Å². The Kier molecular flexibility index (Phi) is 30.4. The number of carbonyl (C=O) groups excluding carboxylic acids is 7. The smallest absolute Gasteiger partial charge is 0.327 e. The van der Waals surface area contributed by atoms with Crippen LogP contribution in [-0.4, -0.2) is 195 Å². The molecule has 94 heavy (non-hydrogen) atoms. The maximum absolute atomic E-state index is 14.6. The van der Waals surface area contributed by atoms with Crippen LogP contribution in [0.3, 0.4) is 0 Å². The molecule has 0 aromatic heterocycles. The predicted octanol–water partition coefficient (Wildman–Crippen LogP) is 1.86. The fraction of sp³-hybridized carbons (Fsp3) is 0.516. The number of carbonyl (C=O) groups is 10. The summed E-state index contributed by atoms with van der Waals surface area (Å²) in [6.07, 6.45) is 3.96. The minimum Gasteiger partial charge on any atom is -0.480 e. The zero-order valence-corrected chi connectivity index (χ0v) is 56.5. The molecule has 3 aromatic rings. The largest absolute Gasteiger partial charge is 0.480 e. The summed E-state index contributed by atoms with van der Waals surface area (Å²) >= 11 is 0.746. The highest BCUT2D eigenvalue weighted by molar-refractivity contribution is 7.99. The van der Waals surface area contributed by atoms with Gasteiger partial charge in [-0.3, -0.25) is 43.3 Å². The number of sulfonamides is 1. The van der Waals surface area contributed by atoms with Crippen LogP contribution in [0.15, 0.2) is 100 Å². The van der Waals surface area contributed by atoms with E-state index < -0.39 is 154 Å². The lowest BCUT2D eigenvalue weighted by Gasteiger charge is -2.30. The Bertz CT molecular complexity index is 3380. The minimum atomic E-state index is -4.56. The quantitative estimate of drug-likeness (QED) is 0.0263. The molecule has 0 aliphatic carbocycles. The Balaban J connectivity index is 1.79. The second-order valence-electron chi connectivity index (χ2n) is 24.0. The topological polar surface area (TPSA) is 430 Å². The Morgan fingerprint density at radius 1 is 0.787 bits per heavy atom. The van der Waals surface area contributed by atoms with Gasteiger partial charge in [-0.1, -0.05) is 113 Å². The molecule has 0 spiro atoms. The van der Waals surface area contributed by atoms with Crippen molar-refractivity contribution in [1.82, 2.24) is 41.5 Å². The fourth-order valence-corrected chi connectivity index (χ4v) is 13.0. The summed E-state index contributed by atoms with van der Waals surface area (Å²) in [7, 11) is 1.77. The van der Waals surface area contributed by atoms with Crippen LogP contribution in [0.4, 0.5) is 5.69 Å². The highest BCUT2D eigenvalue weighted by Crippen LogP contribution is 2.31. The highest BCUT2D eigenvalue weighted by atomic mass is 32.2. The average molecular weight is 1350 g/mol. The molecule has 0 saturated carbocycles. The molecule has 1 saturated heterocycles. The number of hydrogen-bond acceptors (Lipinski definition) is 16. The summed E-state index contributed by atoms with van der Waals surface area (Å²) < 4.78 is 36.1. The number of methoxy groups -OCH3 is 1. The van der Waals surface area contributed by atoms with Crippen molar-refractivity contribution in [1.29, 1.82) is 0 Å². The van der Waals surface area contributed by atoms with Crippen molar-refractivity contribution in [2.45, 2.75) is 146 Å². The minimum absolute atomic E-state index is 0.0203. The molecule has 12 atom stereocenters. The van der Waals surface area contributed by atoms with Crippen molar-refractivity contribution in [3.05, 3.63) is 96.1 Å². The van der Waals surface area contributed by atoms with Crippen molar-refractivity contribution in [3.63, 3.8) is 0 Å². The van der Waals surface area contributed by atoms with Crippen molar-refractivity contribution >= 4 is 103 Å². The number of ether oxygens (including phenoxy) is 1. The summed E-state index contributed by atoms with van der Waals surface area (Å²) in [5.74, 6) is -16.2. The summed E-state index contributed by atoms with van der Waals surface area (Å²) in [5.41, 5.74) is 13.5. The summed E-state index contributed by atoms with van der Waals surface area (Å²) in [6.45, 7) is 10.9. The molecule has 516 valence electrons. The van der Waals surface area contributed by atoms with E-state index in [9.17, 15) is 71.7 Å². The molecule has 30 heteroatoms. The van der Waals surface area contributed by atoms with Gasteiger partial charge in [0.2, 0.25) is 51.4 Å². The van der Waals surface area contributed by atoms with Gasteiger partial charge in [-0.25, -0.2) is 18.0 Å². The maximum atomic E-state index is 14.6. The number of nitrogens with two attached hydrogens (primary N) is 2. The molecule has 1 aliphatic heterocycles. The van der Waals surface area contributed by atoms with E-state index in [1.54, 1.807) is 77.2 Å². The number of carboxylic acids is 3. The lowest BCUT2D eigenvalue weighted by molar-refractivity contribution is -0.146. The molecule has 0 bridgehead atoms. The molecule has 4 unspecified atom stereocenters. The van der Waals surface area contributed by atoms with E-state index >= 15 is 0 Å². The van der Waals surface area contributed by atoms with E-state index in [0.29, 0.717) is 28.5 Å². The van der Waals surface area contributed by atoms with E-state index in [2.05, 4.69) is 41.6 Å². The van der Waals surface area contributed by atoms with Crippen molar-refractivity contribution < 1.29 is 76.4 Å². The SMILES string of the molecule is CO[C@@H](Cc1ccccc1)[C@@H](C)/C=C(C)/C=C/C1NC(=O)C(CCCN=C(N)N)NC(=O)[C@@H](C)C(C(=O)O)NC(=O)[C@H](CC(C)C)NC(=O)[C@@H](C)NC(=O)C(CSC[C@H](NS(=O)(=O)c2cccc3c(N(C)C)cccc23)C(=O)O)N(C)C(=O)CC[C@H](C(=O)O)NC(=O)[C@H]1C. The highest BCUT2D eigenvalue weighted by Gasteiger charge is 2.39. The standard InChI is InChI=1S/C64H92N12O16S2/c1-35(2)30-47-59(82)73-54(63(88)89)39(6)56(79)70-45(22-17-29-67-64(65)66)58(81)69-44(26-25-36(3)31-37(4)51(92-11)32-41-18-13-12-14-19-41)38(5)55(78)71-46(61(84)85)27-28-53(77)76(10)50(60(83)68-40(7)57(80)72-47)34-93-33-48(62(86)87)74-94(90,91)52-24-16-20-42-43(52)21-15-23-49(42)75(8)9/h12-16,18-21,23-26,31,35,37-40,44-48,50-51,54,74H,17,22,27-30,32-34H2,1-11H3,(H,68,83)(H,69,81)(H,70,79)(H,71,78)(H,72,80)(H,73,82)(H,84,85)(H,86,87)(H,88,89)(H4,65,66,67)/b26-25+,36-31+/t37-,38-,39-,40+,44?,45?,46+,47-,48-,50?,51-,54?/m0/s1. The molecule has 28 nitrogen and oxygen atoms in total. The van der Waals surface area contributed by atoms with Crippen LogP contribution in [0.2, 0.25) is 0 Å². The Morgan fingerprint density at radius 2 is 1.41 bits per heavy atom. The van der Waals surface area contributed by atoms with E-state index in [4.69, 9.17) is 16.2 Å². The van der Waals surface area contributed by atoms with Gasteiger partial charge in [0.1, 0.15) is 42.3 Å². The summed E-state index contributed by atoms with van der Waals surface area (Å²) in [5, 5.41) is 47.5. The van der Waals surface area contributed by atoms with E-state index in [1.165, 1.54) is 46.0 Å². The lowest BCUT2D eigenvalue weighted by Crippen LogP contribution is -2.59. The number of amides is 7. The van der Waals surface area contributed by atoms with Crippen LogP contribution in [0.25, 0.3) is 10.8 Å². The molecule has 14 N–H and O–H groups in total. The first-order valence-corrected chi connectivity index (χ1v) is 33.4. The number of carboxylic acid groups (broad SMARTS) is 3. The molecular formula is C64H92N12O16S2. The van der Waals surface area contributed by atoms with E-state index in [-0.39, 0.29) is 54.6 Å².